The van der Waals surface area contributed by atoms with Crippen LogP contribution in [0.5, 0.6) is 0 Å². The molecule has 0 fully saturated rings. The van der Waals surface area contributed by atoms with Crippen molar-refractivity contribution in [2.75, 3.05) is 24.4 Å². The minimum atomic E-state index is -1.15. The quantitative estimate of drug-likeness (QED) is 0.254. The molecule has 0 saturated heterocycles. The molecule has 0 aliphatic heterocycles. The summed E-state index contributed by atoms with van der Waals surface area (Å²) >= 11 is 5.40. The number of nitrogens with one attached hydrogen (secondary N) is 2. The summed E-state index contributed by atoms with van der Waals surface area (Å²) in [5, 5.41) is 22.4. The SMILES string of the molecule is CSCC[C@H](NC(=O)[C@H](CS)NC(=O)[C@@H](N)CO)C(=O)O. The predicted octanol–water partition coefficient (Wildman–Crippen LogP) is -1.96. The van der Waals surface area contributed by atoms with Crippen LogP contribution in [0.15, 0.2) is 0 Å². The third kappa shape index (κ3) is 7.55. The fourth-order valence-electron chi connectivity index (χ4n) is 1.32. The summed E-state index contributed by atoms with van der Waals surface area (Å²) < 4.78 is 0. The molecule has 0 spiro atoms. The summed E-state index contributed by atoms with van der Waals surface area (Å²) in [4.78, 5) is 34.5. The van der Waals surface area contributed by atoms with E-state index in [0.29, 0.717) is 5.75 Å². The summed E-state index contributed by atoms with van der Waals surface area (Å²) in [6.07, 6.45) is 2.10. The summed E-state index contributed by atoms with van der Waals surface area (Å²) in [5.74, 6) is -1.96. The highest BCUT2D eigenvalue weighted by Crippen LogP contribution is 2.02. The van der Waals surface area contributed by atoms with E-state index in [1.54, 1.807) is 0 Å². The molecule has 0 heterocycles. The number of hydrogen-bond donors (Lipinski definition) is 6. The molecule has 0 bridgehead atoms. The number of aliphatic hydroxyl groups is 1. The third-order valence-corrected chi connectivity index (χ3v) is 3.58. The maximum Gasteiger partial charge on any atom is 0.326 e. The van der Waals surface area contributed by atoms with Crippen LogP contribution in [0, 0.1) is 0 Å². The zero-order valence-corrected chi connectivity index (χ0v) is 13.3. The molecule has 2 amide bonds. The lowest BCUT2D eigenvalue weighted by Crippen LogP contribution is -2.55. The average Bonchev–Trinajstić information content (AvgIpc) is 2.46. The fraction of sp³-hybridized carbons (Fsp3) is 0.727. The Morgan fingerprint density at radius 1 is 1.24 bits per heavy atom. The van der Waals surface area contributed by atoms with Crippen LogP contribution in [0.2, 0.25) is 0 Å². The fourth-order valence-corrected chi connectivity index (χ4v) is 2.05. The van der Waals surface area contributed by atoms with Gasteiger partial charge < -0.3 is 26.6 Å². The van der Waals surface area contributed by atoms with Gasteiger partial charge in [0.25, 0.3) is 0 Å². The van der Waals surface area contributed by atoms with Crippen molar-refractivity contribution in [3.05, 3.63) is 0 Å². The van der Waals surface area contributed by atoms with Gasteiger partial charge in [0.05, 0.1) is 6.61 Å². The normalized spacial score (nSPS) is 14.9. The molecule has 21 heavy (non-hydrogen) atoms. The van der Waals surface area contributed by atoms with Gasteiger partial charge in [0.2, 0.25) is 11.8 Å². The number of carbonyl (C=O) groups is 3. The molecule has 0 aromatic heterocycles. The van der Waals surface area contributed by atoms with Crippen LogP contribution in [0.1, 0.15) is 6.42 Å². The smallest absolute Gasteiger partial charge is 0.326 e. The lowest BCUT2D eigenvalue weighted by molar-refractivity contribution is -0.142. The summed E-state index contributed by atoms with van der Waals surface area (Å²) in [6.45, 7) is -0.557. The maximum absolute atomic E-state index is 12.0. The van der Waals surface area contributed by atoms with Crippen molar-refractivity contribution in [2.24, 2.45) is 5.73 Å². The van der Waals surface area contributed by atoms with E-state index in [4.69, 9.17) is 15.9 Å². The number of thioether (sulfide) groups is 1. The van der Waals surface area contributed by atoms with Crippen LogP contribution >= 0.6 is 24.4 Å². The number of carboxylic acid groups (broad SMARTS) is 1. The molecule has 0 aliphatic carbocycles. The Bertz CT molecular complexity index is 370. The Morgan fingerprint density at radius 3 is 2.24 bits per heavy atom. The molecule has 0 radical (unpaired) electrons. The van der Waals surface area contributed by atoms with Gasteiger partial charge in [-0.05, 0) is 18.4 Å². The van der Waals surface area contributed by atoms with Crippen LogP contribution in [-0.4, -0.2) is 70.5 Å². The number of rotatable bonds is 10. The molecule has 8 nitrogen and oxygen atoms in total. The van der Waals surface area contributed by atoms with E-state index in [1.807, 2.05) is 6.26 Å². The molecule has 6 N–H and O–H groups in total. The minimum absolute atomic E-state index is 0.0232. The van der Waals surface area contributed by atoms with Gasteiger partial charge in [-0.15, -0.1) is 0 Å². The summed E-state index contributed by atoms with van der Waals surface area (Å²) in [6, 6.07) is -3.20. The number of aliphatic carboxylic acids is 1. The minimum Gasteiger partial charge on any atom is -0.480 e. The van der Waals surface area contributed by atoms with E-state index in [1.165, 1.54) is 11.8 Å². The van der Waals surface area contributed by atoms with E-state index >= 15 is 0 Å². The first-order valence-electron chi connectivity index (χ1n) is 6.17. The first-order valence-corrected chi connectivity index (χ1v) is 8.19. The molecule has 0 aromatic rings. The molecule has 122 valence electrons. The second kappa shape index (κ2) is 10.7. The molecule has 0 aliphatic rings. The Labute approximate surface area is 132 Å². The van der Waals surface area contributed by atoms with Gasteiger partial charge in [-0.2, -0.15) is 24.4 Å². The van der Waals surface area contributed by atoms with E-state index in [2.05, 4.69) is 23.3 Å². The first kappa shape index (κ1) is 20.0. The second-order valence-corrected chi connectivity index (χ2v) is 5.56. The number of carbonyl (C=O) groups excluding carboxylic acids is 2. The number of aliphatic hydroxyl groups excluding tert-OH is 1. The lowest BCUT2D eigenvalue weighted by Gasteiger charge is -2.21. The van der Waals surface area contributed by atoms with E-state index in [0.717, 1.165) is 0 Å². The number of thiol groups is 1. The van der Waals surface area contributed by atoms with Crippen LogP contribution in [-0.2, 0) is 14.4 Å². The van der Waals surface area contributed by atoms with Crippen molar-refractivity contribution >= 4 is 42.2 Å². The Kier molecular flexibility index (Phi) is 10.2. The van der Waals surface area contributed by atoms with Gasteiger partial charge >= 0.3 is 5.97 Å². The monoisotopic (exact) mass is 339 g/mol. The topological polar surface area (TPSA) is 142 Å². The lowest BCUT2D eigenvalue weighted by atomic mass is 10.2. The Balaban J connectivity index is 4.62. The number of hydrogen-bond acceptors (Lipinski definition) is 7. The summed E-state index contributed by atoms with van der Waals surface area (Å²) in [7, 11) is 0. The molecule has 10 heteroatoms. The van der Waals surface area contributed by atoms with Crippen LogP contribution in [0.4, 0.5) is 0 Å². The second-order valence-electron chi connectivity index (χ2n) is 4.21. The highest BCUT2D eigenvalue weighted by molar-refractivity contribution is 7.98. The largest absolute Gasteiger partial charge is 0.480 e. The van der Waals surface area contributed by atoms with Crippen molar-refractivity contribution in [3.8, 4) is 0 Å². The van der Waals surface area contributed by atoms with Gasteiger partial charge in [0, 0.05) is 5.75 Å². The van der Waals surface area contributed by atoms with Crippen molar-refractivity contribution in [2.45, 2.75) is 24.5 Å². The van der Waals surface area contributed by atoms with Gasteiger partial charge in [0.15, 0.2) is 0 Å². The van der Waals surface area contributed by atoms with Gasteiger partial charge in [-0.3, -0.25) is 9.59 Å². The summed E-state index contributed by atoms with van der Waals surface area (Å²) in [5.41, 5.74) is 5.32. The molecule has 3 atom stereocenters. The zero-order valence-electron chi connectivity index (χ0n) is 11.6. The van der Waals surface area contributed by atoms with Gasteiger partial charge in [-0.25, -0.2) is 4.79 Å². The molecular formula is C11H21N3O5S2. The van der Waals surface area contributed by atoms with Crippen LogP contribution < -0.4 is 16.4 Å². The average molecular weight is 339 g/mol. The highest BCUT2D eigenvalue weighted by Gasteiger charge is 2.26. The first-order chi connectivity index (χ1) is 9.87. The van der Waals surface area contributed by atoms with Crippen LogP contribution in [0.3, 0.4) is 0 Å². The van der Waals surface area contributed by atoms with Gasteiger partial charge in [-0.1, -0.05) is 0 Å². The number of nitrogens with two attached hydrogens (primary N) is 1. The highest BCUT2D eigenvalue weighted by atomic mass is 32.2. The van der Waals surface area contributed by atoms with Crippen molar-refractivity contribution < 1.29 is 24.6 Å². The van der Waals surface area contributed by atoms with Gasteiger partial charge in [0.1, 0.15) is 18.1 Å². The number of amides is 2. The number of carboxylic acids is 1. The Hall–Kier alpha value is -0.970. The predicted molar refractivity (Wildman–Crippen MR) is 83.4 cm³/mol. The van der Waals surface area contributed by atoms with Crippen molar-refractivity contribution in [1.82, 2.24) is 10.6 Å². The van der Waals surface area contributed by atoms with Crippen molar-refractivity contribution in [1.29, 1.82) is 0 Å². The Morgan fingerprint density at radius 2 is 1.81 bits per heavy atom. The maximum atomic E-state index is 12.0. The molecule has 0 aromatic carbocycles. The molecular weight excluding hydrogens is 318 g/mol. The van der Waals surface area contributed by atoms with Crippen molar-refractivity contribution in [3.63, 3.8) is 0 Å². The molecule has 0 saturated carbocycles. The zero-order chi connectivity index (χ0) is 16.4. The van der Waals surface area contributed by atoms with E-state index in [-0.39, 0.29) is 12.2 Å². The molecule has 0 unspecified atom stereocenters. The molecule has 0 rings (SSSR count). The van der Waals surface area contributed by atoms with E-state index in [9.17, 15) is 14.4 Å². The third-order valence-electron chi connectivity index (χ3n) is 2.57. The van der Waals surface area contributed by atoms with E-state index < -0.39 is 42.5 Å². The standard InChI is InChI=1S/C11H21N3O5S2/c1-21-3-2-7(11(18)19)13-10(17)8(5-20)14-9(16)6(12)4-15/h6-8,15,20H,2-5,12H2,1H3,(H,13,17)(H,14,16)(H,18,19)/t6-,7-,8-/m0/s1. The van der Waals surface area contributed by atoms with Crippen LogP contribution in [0.25, 0.3) is 0 Å².